The molecule has 0 bridgehead atoms. The molecule has 2 rings (SSSR count). The van der Waals surface area contributed by atoms with Crippen molar-refractivity contribution >= 4 is 0 Å². The summed E-state index contributed by atoms with van der Waals surface area (Å²) >= 11 is 0. The van der Waals surface area contributed by atoms with E-state index in [1.54, 1.807) is 13.0 Å². The molecule has 106 valence electrons. The summed E-state index contributed by atoms with van der Waals surface area (Å²) in [6.07, 6.45) is 5.39. The van der Waals surface area contributed by atoms with E-state index < -0.39 is 0 Å². The number of benzene rings is 1. The Bertz CT molecular complexity index is 408. The van der Waals surface area contributed by atoms with Crippen LogP contribution in [0, 0.1) is 24.6 Å². The number of halogens is 1. The zero-order chi connectivity index (χ0) is 13.8. The second kappa shape index (κ2) is 6.51. The van der Waals surface area contributed by atoms with Gasteiger partial charge in [0.2, 0.25) is 0 Å². The highest BCUT2D eigenvalue weighted by atomic mass is 19.1. The molecule has 1 unspecified atom stereocenters. The maximum absolute atomic E-state index is 13.5. The van der Waals surface area contributed by atoms with E-state index in [9.17, 15) is 4.39 Å². The van der Waals surface area contributed by atoms with Gasteiger partial charge in [0.25, 0.3) is 0 Å². The van der Waals surface area contributed by atoms with Crippen molar-refractivity contribution in [1.29, 1.82) is 0 Å². The Morgan fingerprint density at radius 1 is 1.26 bits per heavy atom. The molecule has 1 atom stereocenters. The van der Waals surface area contributed by atoms with Gasteiger partial charge in [-0.1, -0.05) is 31.9 Å². The summed E-state index contributed by atoms with van der Waals surface area (Å²) in [4.78, 5) is 0. The fourth-order valence-electron chi connectivity index (χ4n) is 2.87. The lowest BCUT2D eigenvalue weighted by atomic mass is 9.83. The third-order valence-corrected chi connectivity index (χ3v) is 4.54. The average Bonchev–Trinajstić information content (AvgIpc) is 2.41. The molecule has 0 radical (unpaired) electrons. The smallest absolute Gasteiger partial charge is 0.126 e. The van der Waals surface area contributed by atoms with E-state index in [0.717, 1.165) is 29.5 Å². The molecule has 0 aliphatic heterocycles. The van der Waals surface area contributed by atoms with E-state index in [2.05, 4.69) is 19.2 Å². The molecule has 1 aromatic rings. The number of nitrogens with one attached hydrogen (secondary N) is 1. The molecule has 1 N–H and O–H groups in total. The average molecular weight is 263 g/mol. The Kier molecular flexibility index (Phi) is 4.98. The highest BCUT2D eigenvalue weighted by Gasteiger charge is 2.18. The van der Waals surface area contributed by atoms with Gasteiger partial charge in [-0.3, -0.25) is 0 Å². The number of aryl methyl sites for hydroxylation is 1. The molecule has 1 saturated carbocycles. The third-order valence-electron chi connectivity index (χ3n) is 4.54. The first kappa shape index (κ1) is 14.5. The van der Waals surface area contributed by atoms with E-state index >= 15 is 0 Å². The summed E-state index contributed by atoms with van der Waals surface area (Å²) in [6, 6.07) is 5.79. The van der Waals surface area contributed by atoms with E-state index in [1.165, 1.54) is 25.7 Å². The van der Waals surface area contributed by atoms with Crippen LogP contribution in [0.25, 0.3) is 0 Å². The minimum atomic E-state index is -0.0994. The van der Waals surface area contributed by atoms with Gasteiger partial charge in [-0.2, -0.15) is 0 Å². The molecule has 0 saturated heterocycles. The maximum atomic E-state index is 13.5. The summed E-state index contributed by atoms with van der Waals surface area (Å²) in [5, 5.41) is 3.56. The van der Waals surface area contributed by atoms with Crippen molar-refractivity contribution in [2.45, 2.75) is 52.5 Å². The van der Waals surface area contributed by atoms with Gasteiger partial charge in [0.1, 0.15) is 5.82 Å². The normalized spacial score (nSPS) is 25.3. The Morgan fingerprint density at radius 3 is 2.58 bits per heavy atom. The lowest BCUT2D eigenvalue weighted by Crippen LogP contribution is -2.28. The third kappa shape index (κ3) is 4.04. The lowest BCUT2D eigenvalue weighted by molar-refractivity contribution is 0.276. The van der Waals surface area contributed by atoms with Crippen LogP contribution in [0.15, 0.2) is 18.2 Å². The Morgan fingerprint density at radius 2 is 1.95 bits per heavy atom. The number of rotatable bonds is 4. The van der Waals surface area contributed by atoms with E-state index in [4.69, 9.17) is 0 Å². The molecule has 1 fully saturated rings. The zero-order valence-corrected chi connectivity index (χ0v) is 12.4. The minimum absolute atomic E-state index is 0.0994. The highest BCUT2D eigenvalue weighted by molar-refractivity contribution is 5.25. The fraction of sp³-hybridized carbons (Fsp3) is 0.647. The lowest BCUT2D eigenvalue weighted by Gasteiger charge is -2.27. The van der Waals surface area contributed by atoms with Gasteiger partial charge in [0.05, 0.1) is 0 Å². The topological polar surface area (TPSA) is 12.0 Å². The first-order valence-corrected chi connectivity index (χ1v) is 7.55. The zero-order valence-electron chi connectivity index (χ0n) is 12.4. The van der Waals surface area contributed by atoms with Crippen molar-refractivity contribution in [3.05, 3.63) is 35.1 Å². The van der Waals surface area contributed by atoms with Crippen LogP contribution >= 0.6 is 0 Å². The highest BCUT2D eigenvalue weighted by Crippen LogP contribution is 2.28. The monoisotopic (exact) mass is 263 g/mol. The van der Waals surface area contributed by atoms with Gasteiger partial charge >= 0.3 is 0 Å². The molecule has 1 aliphatic carbocycles. The van der Waals surface area contributed by atoms with Crippen LogP contribution in [0.1, 0.15) is 56.7 Å². The fourth-order valence-corrected chi connectivity index (χ4v) is 2.87. The van der Waals surface area contributed by atoms with Crippen molar-refractivity contribution in [3.63, 3.8) is 0 Å². The van der Waals surface area contributed by atoms with Crippen molar-refractivity contribution < 1.29 is 4.39 Å². The second-order valence-electron chi connectivity index (χ2n) is 6.26. The Labute approximate surface area is 116 Å². The van der Waals surface area contributed by atoms with E-state index in [1.807, 2.05) is 12.1 Å². The Hall–Kier alpha value is -0.890. The number of hydrogen-bond acceptors (Lipinski definition) is 1. The molecular weight excluding hydrogens is 237 g/mol. The summed E-state index contributed by atoms with van der Waals surface area (Å²) in [5.41, 5.74) is 1.77. The summed E-state index contributed by atoms with van der Waals surface area (Å²) < 4.78 is 13.5. The predicted octanol–water partition coefficient (Wildman–Crippen LogP) is 4.61. The molecule has 1 aliphatic rings. The molecule has 1 aromatic carbocycles. The van der Waals surface area contributed by atoms with Crippen molar-refractivity contribution in [3.8, 4) is 0 Å². The van der Waals surface area contributed by atoms with Gasteiger partial charge in [0.15, 0.2) is 0 Å². The van der Waals surface area contributed by atoms with Gasteiger partial charge in [-0.05, 0) is 62.3 Å². The van der Waals surface area contributed by atoms with Crippen LogP contribution in [0.5, 0.6) is 0 Å². The summed E-state index contributed by atoms with van der Waals surface area (Å²) in [6.45, 7) is 7.33. The quantitative estimate of drug-likeness (QED) is 0.836. The SMILES string of the molecule is Cc1ccc(C(C)NCC2CCC(C)CC2)cc1F. The maximum Gasteiger partial charge on any atom is 0.126 e. The van der Waals surface area contributed by atoms with Crippen molar-refractivity contribution in [2.75, 3.05) is 6.54 Å². The molecule has 0 amide bonds. The van der Waals surface area contributed by atoms with Gasteiger partial charge in [0, 0.05) is 6.04 Å². The van der Waals surface area contributed by atoms with Crippen LogP contribution in [-0.4, -0.2) is 6.54 Å². The van der Waals surface area contributed by atoms with Crippen molar-refractivity contribution in [1.82, 2.24) is 5.32 Å². The predicted molar refractivity (Wildman–Crippen MR) is 78.7 cm³/mol. The molecule has 19 heavy (non-hydrogen) atoms. The van der Waals surface area contributed by atoms with Crippen molar-refractivity contribution in [2.24, 2.45) is 11.8 Å². The summed E-state index contributed by atoms with van der Waals surface area (Å²) in [7, 11) is 0. The van der Waals surface area contributed by atoms with E-state index in [0.29, 0.717) is 0 Å². The van der Waals surface area contributed by atoms with Crippen LogP contribution in [0.2, 0.25) is 0 Å². The largest absolute Gasteiger partial charge is 0.310 e. The number of hydrogen-bond donors (Lipinski definition) is 1. The molecule has 1 nitrogen and oxygen atoms in total. The summed E-state index contributed by atoms with van der Waals surface area (Å²) in [5.74, 6) is 1.60. The molecule has 0 aromatic heterocycles. The van der Waals surface area contributed by atoms with Gasteiger partial charge in [-0.15, -0.1) is 0 Å². The van der Waals surface area contributed by atoms with Gasteiger partial charge < -0.3 is 5.32 Å². The first-order chi connectivity index (χ1) is 9.06. The molecule has 0 spiro atoms. The van der Waals surface area contributed by atoms with Crippen LogP contribution in [-0.2, 0) is 0 Å². The molecular formula is C17H26FN. The molecule has 0 heterocycles. The van der Waals surface area contributed by atoms with Crippen LogP contribution < -0.4 is 5.32 Å². The minimum Gasteiger partial charge on any atom is -0.310 e. The van der Waals surface area contributed by atoms with E-state index in [-0.39, 0.29) is 11.9 Å². The first-order valence-electron chi connectivity index (χ1n) is 7.55. The second-order valence-corrected chi connectivity index (χ2v) is 6.26. The molecule has 2 heteroatoms. The standard InChI is InChI=1S/C17H26FN/c1-12-4-7-15(8-5-12)11-19-14(3)16-9-6-13(2)17(18)10-16/h6,9-10,12,14-15,19H,4-5,7-8,11H2,1-3H3. The van der Waals surface area contributed by atoms with Crippen LogP contribution in [0.3, 0.4) is 0 Å². The van der Waals surface area contributed by atoms with Crippen LogP contribution in [0.4, 0.5) is 4.39 Å². The van der Waals surface area contributed by atoms with Gasteiger partial charge in [-0.25, -0.2) is 4.39 Å². The Balaban J connectivity index is 1.83.